The maximum Gasteiger partial charge on any atom is 0.489 e. The first-order chi connectivity index (χ1) is 39.5. The first kappa shape index (κ1) is 47.5. The SMILES string of the molecule is Brc1cccc2c1-c1ccccc1C21c2ccccc2-c2ccccc21.OB(O)c1cccc2c1sc1ccccc12.c1ccc2c(c1)-c1ccccc1C21c2ccccc2-c2cc(-c3cccc4c3sc3ccccc34)ccc21. The number of halogens is 1. The zero-order valence-corrected chi connectivity index (χ0v) is 46.3. The van der Waals surface area contributed by atoms with Crippen LogP contribution in [-0.4, -0.2) is 17.2 Å². The third-order valence-electron chi connectivity index (χ3n) is 17.4. The molecule has 0 unspecified atom stereocenters. The standard InChI is InChI=1S/C37H22S.C25H15Br.C12H9BO2S/c1-5-16-31-25(10-1)26-11-2-6-17-32(26)37(31)33-18-7-3-12-27(33)30-22-23(20-21-34(30)37)24-14-9-15-29-28-13-4-8-19-35(28)38-36(24)29;26-23-15-7-14-22-24(23)18-10-3-6-13-21(18)25(22)19-11-4-1-8-16(19)17-9-2-5-12-20(17)25;14-13(15)10-6-3-5-9-8-4-1-2-7-11(8)16-12(9)10/h1-22H;1-15H;1-7,14-15H. The van der Waals surface area contributed by atoms with E-state index in [0.29, 0.717) is 5.46 Å². The van der Waals surface area contributed by atoms with E-state index in [-0.39, 0.29) is 10.8 Å². The van der Waals surface area contributed by atoms with Crippen molar-refractivity contribution in [2.75, 3.05) is 0 Å². The Hall–Kier alpha value is -8.46. The van der Waals surface area contributed by atoms with Gasteiger partial charge in [-0.15, -0.1) is 22.7 Å². The first-order valence-electron chi connectivity index (χ1n) is 27.1. The molecule has 0 radical (unpaired) electrons. The number of hydrogen-bond acceptors (Lipinski definition) is 4. The third kappa shape index (κ3) is 6.60. The molecule has 0 aliphatic heterocycles. The van der Waals surface area contributed by atoms with Crippen LogP contribution in [-0.2, 0) is 10.8 Å². The van der Waals surface area contributed by atoms with E-state index in [9.17, 15) is 10.0 Å². The smallest absolute Gasteiger partial charge is 0.423 e. The van der Waals surface area contributed by atoms with E-state index in [2.05, 4.69) is 246 Å². The van der Waals surface area contributed by atoms with Gasteiger partial charge >= 0.3 is 7.12 Å². The second kappa shape index (κ2) is 18.3. The number of fused-ring (bicyclic) bond motifs is 26. The van der Waals surface area contributed by atoms with E-state index in [1.165, 1.54) is 135 Å². The zero-order valence-electron chi connectivity index (χ0n) is 43.1. The number of thiophene rings is 2. The summed E-state index contributed by atoms with van der Waals surface area (Å²) in [4.78, 5) is 0. The van der Waals surface area contributed by atoms with Crippen molar-refractivity contribution in [2.24, 2.45) is 0 Å². The molecule has 2 heterocycles. The van der Waals surface area contributed by atoms with Crippen molar-refractivity contribution in [1.29, 1.82) is 0 Å². The summed E-state index contributed by atoms with van der Waals surface area (Å²) in [6, 6.07) is 96.8. The fourth-order valence-electron chi connectivity index (χ4n) is 14.3. The predicted octanol–water partition coefficient (Wildman–Crippen LogP) is 18.6. The molecule has 0 saturated carbocycles. The quantitative estimate of drug-likeness (QED) is 0.169. The van der Waals surface area contributed by atoms with Crippen molar-refractivity contribution >= 4 is 91.5 Å². The van der Waals surface area contributed by atoms with E-state index < -0.39 is 7.12 Å². The summed E-state index contributed by atoms with van der Waals surface area (Å²) in [5.41, 5.74) is 24.6. The third-order valence-corrected chi connectivity index (χ3v) is 20.5. The van der Waals surface area contributed by atoms with Gasteiger partial charge in [0.05, 0.1) is 10.8 Å². The van der Waals surface area contributed by atoms with Crippen molar-refractivity contribution in [3.8, 4) is 55.6 Å². The highest BCUT2D eigenvalue weighted by Crippen LogP contribution is 2.65. The molecular formula is C74H46BBrO2S2. The van der Waals surface area contributed by atoms with Crippen LogP contribution in [0.4, 0.5) is 0 Å². The van der Waals surface area contributed by atoms with E-state index >= 15 is 0 Å². The molecule has 2 nitrogen and oxygen atoms in total. The average molecular weight is 1120 g/mol. The topological polar surface area (TPSA) is 40.5 Å². The minimum Gasteiger partial charge on any atom is -0.423 e. The number of benzene rings is 12. The van der Waals surface area contributed by atoms with Gasteiger partial charge < -0.3 is 10.0 Å². The Morgan fingerprint density at radius 2 is 0.662 bits per heavy atom. The van der Waals surface area contributed by atoms with Crippen LogP contribution in [0.3, 0.4) is 0 Å². The molecular weight excluding hydrogens is 1080 g/mol. The van der Waals surface area contributed by atoms with Gasteiger partial charge in [-0.3, -0.25) is 0 Å². The van der Waals surface area contributed by atoms with Gasteiger partial charge in [0.25, 0.3) is 0 Å². The van der Waals surface area contributed by atoms with Crippen molar-refractivity contribution in [2.45, 2.75) is 10.8 Å². The Morgan fingerprint density at radius 3 is 1.20 bits per heavy atom. The van der Waals surface area contributed by atoms with Gasteiger partial charge in [0.1, 0.15) is 0 Å². The molecule has 0 saturated heterocycles. The maximum absolute atomic E-state index is 9.31. The van der Waals surface area contributed by atoms with E-state index in [1.54, 1.807) is 17.4 Å². The van der Waals surface area contributed by atoms with Gasteiger partial charge in [-0.25, -0.2) is 0 Å². The van der Waals surface area contributed by atoms with Gasteiger partial charge in [0.15, 0.2) is 0 Å². The van der Waals surface area contributed by atoms with Gasteiger partial charge in [0.2, 0.25) is 0 Å². The molecule has 0 amide bonds. The van der Waals surface area contributed by atoms with Crippen molar-refractivity contribution in [3.63, 3.8) is 0 Å². The molecule has 2 spiro atoms. The second-order valence-electron chi connectivity index (χ2n) is 21.2. The zero-order chi connectivity index (χ0) is 53.3. The summed E-state index contributed by atoms with van der Waals surface area (Å²) in [6.45, 7) is 0. The molecule has 2 aromatic heterocycles. The van der Waals surface area contributed by atoms with Gasteiger partial charge in [-0.05, 0) is 130 Å². The van der Waals surface area contributed by atoms with Gasteiger partial charge in [0, 0.05) is 45.0 Å². The molecule has 0 fully saturated rings. The summed E-state index contributed by atoms with van der Waals surface area (Å²) in [7, 11) is -1.41. The Kier molecular flexibility index (Phi) is 10.9. The molecule has 18 rings (SSSR count). The normalized spacial score (nSPS) is 13.6. The van der Waals surface area contributed by atoms with Crippen LogP contribution in [0.2, 0.25) is 0 Å². The van der Waals surface area contributed by atoms with Crippen LogP contribution in [0.15, 0.2) is 271 Å². The molecule has 0 atom stereocenters. The lowest BCUT2D eigenvalue weighted by atomic mass is 9.70. The predicted molar refractivity (Wildman–Crippen MR) is 341 cm³/mol. The van der Waals surface area contributed by atoms with Crippen LogP contribution in [0.1, 0.15) is 44.5 Å². The molecule has 4 aliphatic rings. The molecule has 12 aromatic carbocycles. The molecule has 14 aromatic rings. The van der Waals surface area contributed by atoms with Crippen molar-refractivity contribution < 1.29 is 10.0 Å². The van der Waals surface area contributed by atoms with Crippen LogP contribution < -0.4 is 5.46 Å². The fraction of sp³-hybridized carbons (Fsp3) is 0.0270. The van der Waals surface area contributed by atoms with Crippen LogP contribution in [0, 0.1) is 0 Å². The molecule has 4 aliphatic carbocycles. The van der Waals surface area contributed by atoms with Gasteiger partial charge in [-0.2, -0.15) is 0 Å². The Bertz CT molecular complexity index is 4780. The molecule has 376 valence electrons. The van der Waals surface area contributed by atoms with Crippen molar-refractivity contribution in [3.05, 3.63) is 316 Å². The minimum absolute atomic E-state index is 0.219. The lowest BCUT2D eigenvalue weighted by Gasteiger charge is -2.30. The Balaban J connectivity index is 0.000000109. The highest BCUT2D eigenvalue weighted by atomic mass is 79.9. The summed E-state index contributed by atoms with van der Waals surface area (Å²) in [6.07, 6.45) is 0. The monoisotopic (exact) mass is 1120 g/mol. The summed E-state index contributed by atoms with van der Waals surface area (Å²) >= 11 is 7.33. The minimum atomic E-state index is -1.41. The molecule has 2 N–H and O–H groups in total. The fourth-order valence-corrected chi connectivity index (χ4v) is 17.4. The van der Waals surface area contributed by atoms with Crippen LogP contribution >= 0.6 is 38.6 Å². The first-order valence-corrected chi connectivity index (χ1v) is 29.6. The van der Waals surface area contributed by atoms with E-state index in [4.69, 9.17) is 0 Å². The number of hydrogen-bond donors (Lipinski definition) is 2. The average Bonchev–Trinajstić information content (AvgIpc) is 4.40. The van der Waals surface area contributed by atoms with E-state index in [0.717, 1.165) is 10.1 Å². The van der Waals surface area contributed by atoms with Crippen LogP contribution in [0.5, 0.6) is 0 Å². The van der Waals surface area contributed by atoms with Crippen LogP contribution in [0.25, 0.3) is 96.0 Å². The maximum atomic E-state index is 9.31. The highest BCUT2D eigenvalue weighted by molar-refractivity contribution is 9.10. The Labute approximate surface area is 480 Å². The number of rotatable bonds is 2. The Morgan fingerprint density at radius 1 is 0.300 bits per heavy atom. The van der Waals surface area contributed by atoms with Gasteiger partial charge in [-0.1, -0.05) is 259 Å². The second-order valence-corrected chi connectivity index (χ2v) is 24.1. The summed E-state index contributed by atoms with van der Waals surface area (Å²) in [5.74, 6) is 0. The van der Waals surface area contributed by atoms with Crippen molar-refractivity contribution in [1.82, 2.24) is 0 Å². The largest absolute Gasteiger partial charge is 0.489 e. The molecule has 80 heavy (non-hydrogen) atoms. The highest BCUT2D eigenvalue weighted by Gasteiger charge is 2.53. The summed E-state index contributed by atoms with van der Waals surface area (Å²) < 4.78 is 6.01. The lowest BCUT2D eigenvalue weighted by Crippen LogP contribution is -2.29. The molecule has 6 heteroatoms. The summed E-state index contributed by atoms with van der Waals surface area (Å²) in [5, 5.41) is 23.6. The van der Waals surface area contributed by atoms with E-state index in [1.807, 2.05) is 41.7 Å². The molecule has 0 bridgehead atoms. The lowest BCUT2D eigenvalue weighted by molar-refractivity contribution is 0.426.